The molecule has 1 heterocycles. The van der Waals surface area contributed by atoms with Crippen molar-refractivity contribution in [2.24, 2.45) is 9.98 Å². The molecule has 7 rings (SSSR count). The Labute approximate surface area is 263 Å². The van der Waals surface area contributed by atoms with Gasteiger partial charge in [0.1, 0.15) is 11.7 Å². The SMILES string of the molecule is C/C=C(\C=N)c1ccc(-c2cccc3c(-c4ccc(C5N=C(c6ccccc6)NC(c6ccccc6)=N5)cc4)cccc23)cc1. The molecule has 0 fully saturated rings. The van der Waals surface area contributed by atoms with Gasteiger partial charge < -0.3 is 10.7 Å². The van der Waals surface area contributed by atoms with E-state index in [4.69, 9.17) is 15.4 Å². The van der Waals surface area contributed by atoms with Crippen molar-refractivity contribution in [1.82, 2.24) is 5.32 Å². The van der Waals surface area contributed by atoms with Crippen molar-refractivity contribution < 1.29 is 0 Å². The smallest absolute Gasteiger partial charge is 0.169 e. The Kier molecular flexibility index (Phi) is 7.69. The van der Waals surface area contributed by atoms with E-state index in [1.165, 1.54) is 28.1 Å². The van der Waals surface area contributed by atoms with Crippen molar-refractivity contribution in [3.05, 3.63) is 174 Å². The molecule has 0 bridgehead atoms. The Bertz CT molecular complexity index is 2020. The molecular weight excluding hydrogens is 548 g/mol. The van der Waals surface area contributed by atoms with Crippen LogP contribution in [0.3, 0.4) is 0 Å². The lowest BCUT2D eigenvalue weighted by molar-refractivity contribution is 0.756. The molecule has 2 N–H and O–H groups in total. The van der Waals surface area contributed by atoms with E-state index in [0.29, 0.717) is 0 Å². The van der Waals surface area contributed by atoms with Crippen LogP contribution in [-0.4, -0.2) is 17.9 Å². The maximum absolute atomic E-state index is 7.68. The monoisotopic (exact) mass is 580 g/mol. The van der Waals surface area contributed by atoms with Gasteiger partial charge in [-0.1, -0.05) is 152 Å². The standard InChI is InChI=1S/C41H32N4/c1-2-28(27-42)29-19-21-30(22-20-29)35-15-9-18-38-36(16-10-17-37(35)38)31-23-25-34(26-24-31)41-44-39(32-11-5-3-6-12-32)43-40(45-41)33-13-7-4-8-14-33/h2-27,41-42H,1H3,(H,43,44,45)/b28-2+,42-27?. The summed E-state index contributed by atoms with van der Waals surface area (Å²) in [6.07, 6.45) is 3.01. The maximum Gasteiger partial charge on any atom is 0.169 e. The van der Waals surface area contributed by atoms with E-state index in [2.05, 4.69) is 115 Å². The molecule has 45 heavy (non-hydrogen) atoms. The van der Waals surface area contributed by atoms with Gasteiger partial charge >= 0.3 is 0 Å². The molecule has 0 saturated heterocycles. The molecule has 0 saturated carbocycles. The molecule has 0 amide bonds. The van der Waals surface area contributed by atoms with Gasteiger partial charge in [-0.2, -0.15) is 0 Å². The Hall–Kier alpha value is -5.87. The normalized spacial score (nSPS) is 13.6. The van der Waals surface area contributed by atoms with Gasteiger partial charge in [0.2, 0.25) is 0 Å². The van der Waals surface area contributed by atoms with Gasteiger partial charge in [0.15, 0.2) is 6.17 Å². The van der Waals surface area contributed by atoms with Gasteiger partial charge in [0.05, 0.1) is 0 Å². The number of allylic oxidation sites excluding steroid dienone is 2. The second kappa shape index (κ2) is 12.4. The summed E-state index contributed by atoms with van der Waals surface area (Å²) in [4.78, 5) is 10.1. The largest absolute Gasteiger partial charge is 0.324 e. The molecule has 6 aromatic rings. The number of hydrogen-bond donors (Lipinski definition) is 2. The van der Waals surface area contributed by atoms with E-state index in [0.717, 1.165) is 50.6 Å². The van der Waals surface area contributed by atoms with E-state index in [1.807, 2.05) is 49.4 Å². The molecule has 0 spiro atoms. The van der Waals surface area contributed by atoms with Crippen LogP contribution in [0.4, 0.5) is 0 Å². The lowest BCUT2D eigenvalue weighted by atomic mass is 9.92. The van der Waals surface area contributed by atoms with Crippen LogP contribution in [0.25, 0.3) is 38.6 Å². The maximum atomic E-state index is 7.68. The number of fused-ring (bicyclic) bond motifs is 1. The number of benzene rings is 6. The summed E-state index contributed by atoms with van der Waals surface area (Å²) in [7, 11) is 0. The summed E-state index contributed by atoms with van der Waals surface area (Å²) in [6.45, 7) is 1.96. The second-order valence-electron chi connectivity index (χ2n) is 11.0. The zero-order chi connectivity index (χ0) is 30.6. The summed E-state index contributed by atoms with van der Waals surface area (Å²) >= 11 is 0. The second-order valence-corrected chi connectivity index (χ2v) is 11.0. The molecule has 216 valence electrons. The molecule has 6 aromatic carbocycles. The molecule has 4 nitrogen and oxygen atoms in total. The third-order valence-corrected chi connectivity index (χ3v) is 8.27. The number of nitrogens with zero attached hydrogens (tertiary/aromatic N) is 2. The summed E-state index contributed by atoms with van der Waals surface area (Å²) in [5.41, 5.74) is 9.73. The predicted molar refractivity (Wildman–Crippen MR) is 189 cm³/mol. The predicted octanol–water partition coefficient (Wildman–Crippen LogP) is 9.72. The number of aliphatic imine (C=N–C) groups is 2. The van der Waals surface area contributed by atoms with Crippen LogP contribution >= 0.6 is 0 Å². The molecule has 0 aromatic heterocycles. The first-order valence-corrected chi connectivity index (χ1v) is 15.1. The molecule has 0 radical (unpaired) electrons. The molecular formula is C41H32N4. The van der Waals surface area contributed by atoms with E-state index >= 15 is 0 Å². The van der Waals surface area contributed by atoms with E-state index in [1.54, 1.807) is 0 Å². The van der Waals surface area contributed by atoms with Crippen molar-refractivity contribution in [2.75, 3.05) is 0 Å². The van der Waals surface area contributed by atoms with Gasteiger partial charge in [-0.05, 0) is 56.6 Å². The average Bonchev–Trinajstić information content (AvgIpc) is 3.12. The van der Waals surface area contributed by atoms with Crippen LogP contribution in [0.1, 0.15) is 35.3 Å². The third-order valence-electron chi connectivity index (χ3n) is 8.27. The lowest BCUT2D eigenvalue weighted by Gasteiger charge is -2.22. The topological polar surface area (TPSA) is 60.6 Å². The Morgan fingerprint density at radius 2 is 1.04 bits per heavy atom. The number of nitrogens with one attached hydrogen (secondary N) is 2. The fourth-order valence-corrected chi connectivity index (χ4v) is 5.91. The van der Waals surface area contributed by atoms with Gasteiger partial charge in [0.25, 0.3) is 0 Å². The Morgan fingerprint density at radius 1 is 0.556 bits per heavy atom. The van der Waals surface area contributed by atoms with Crippen molar-refractivity contribution in [1.29, 1.82) is 5.41 Å². The molecule has 0 unspecified atom stereocenters. The molecule has 0 atom stereocenters. The van der Waals surface area contributed by atoms with Gasteiger partial charge in [0, 0.05) is 17.3 Å². The quantitative estimate of drug-likeness (QED) is 0.181. The van der Waals surface area contributed by atoms with Crippen LogP contribution in [-0.2, 0) is 0 Å². The van der Waals surface area contributed by atoms with E-state index in [9.17, 15) is 0 Å². The van der Waals surface area contributed by atoms with Gasteiger partial charge in [-0.15, -0.1) is 0 Å². The molecule has 1 aliphatic rings. The summed E-state index contributed by atoms with van der Waals surface area (Å²) in [5, 5.41) is 13.6. The minimum absolute atomic E-state index is 0.358. The molecule has 4 heteroatoms. The van der Waals surface area contributed by atoms with Crippen LogP contribution in [0.15, 0.2) is 162 Å². The summed E-state index contributed by atoms with van der Waals surface area (Å²) in [6, 6.07) is 50.6. The minimum atomic E-state index is -0.358. The number of hydrogen-bond acceptors (Lipinski definition) is 4. The zero-order valence-corrected chi connectivity index (χ0v) is 25.0. The zero-order valence-electron chi connectivity index (χ0n) is 25.0. The summed E-state index contributed by atoms with van der Waals surface area (Å²) < 4.78 is 0. The fourth-order valence-electron chi connectivity index (χ4n) is 5.91. The highest BCUT2D eigenvalue weighted by Crippen LogP contribution is 2.36. The fraction of sp³-hybridized carbons (Fsp3) is 0.0488. The van der Waals surface area contributed by atoms with Crippen molar-refractivity contribution >= 4 is 34.2 Å². The van der Waals surface area contributed by atoms with E-state index < -0.39 is 0 Å². The highest BCUT2D eigenvalue weighted by molar-refractivity contribution is 6.16. The van der Waals surface area contributed by atoms with Crippen molar-refractivity contribution in [2.45, 2.75) is 13.1 Å². The van der Waals surface area contributed by atoms with Gasteiger partial charge in [-0.3, -0.25) is 0 Å². The van der Waals surface area contributed by atoms with Crippen LogP contribution < -0.4 is 5.32 Å². The first-order valence-electron chi connectivity index (χ1n) is 15.1. The van der Waals surface area contributed by atoms with Crippen LogP contribution in [0.2, 0.25) is 0 Å². The van der Waals surface area contributed by atoms with Crippen LogP contribution in [0, 0.1) is 5.41 Å². The molecule has 1 aliphatic heterocycles. The highest BCUT2D eigenvalue weighted by Gasteiger charge is 2.20. The average molecular weight is 581 g/mol. The van der Waals surface area contributed by atoms with Gasteiger partial charge in [-0.25, -0.2) is 9.98 Å². The highest BCUT2D eigenvalue weighted by atomic mass is 15.2. The molecule has 0 aliphatic carbocycles. The first kappa shape index (κ1) is 27.9. The van der Waals surface area contributed by atoms with Crippen molar-refractivity contribution in [3.8, 4) is 22.3 Å². The summed E-state index contributed by atoms with van der Waals surface area (Å²) in [5.74, 6) is 1.63. The first-order chi connectivity index (χ1) is 22.2. The van der Waals surface area contributed by atoms with E-state index in [-0.39, 0.29) is 6.17 Å². The Morgan fingerprint density at radius 3 is 1.51 bits per heavy atom. The van der Waals surface area contributed by atoms with Crippen LogP contribution in [0.5, 0.6) is 0 Å². The minimum Gasteiger partial charge on any atom is -0.324 e. The third kappa shape index (κ3) is 5.62. The Balaban J connectivity index is 1.24. The number of amidine groups is 2. The van der Waals surface area contributed by atoms with Crippen molar-refractivity contribution in [3.63, 3.8) is 0 Å². The number of rotatable bonds is 7. The lowest BCUT2D eigenvalue weighted by Crippen LogP contribution is -2.35.